The first-order valence-electron chi connectivity index (χ1n) is 6.49. The molecule has 0 N–H and O–H groups in total. The van der Waals surface area contributed by atoms with Crippen LogP contribution in [0.4, 0.5) is 0 Å². The van der Waals surface area contributed by atoms with Gasteiger partial charge in [-0.25, -0.2) is 0 Å². The van der Waals surface area contributed by atoms with Crippen molar-refractivity contribution in [2.75, 3.05) is 0 Å². The molecule has 0 atom stereocenters. The van der Waals surface area contributed by atoms with Crippen LogP contribution in [0, 0.1) is 6.92 Å². The highest BCUT2D eigenvalue weighted by molar-refractivity contribution is 5.47. The highest BCUT2D eigenvalue weighted by Crippen LogP contribution is 2.32. The Morgan fingerprint density at radius 1 is 0.733 bits per heavy atom. The zero-order chi connectivity index (χ0) is 10.3. The first-order valence-corrected chi connectivity index (χ1v) is 6.49. The standard InChI is InChI=1S/C15H20/c1-11-14-8-4-2-6-12(14)10-13-7-3-5-9-15(11)13/h10H,2-9H2,1H3. The topological polar surface area (TPSA) is 0 Å². The summed E-state index contributed by atoms with van der Waals surface area (Å²) in [5.74, 6) is 0. The molecule has 0 unspecified atom stereocenters. The largest absolute Gasteiger partial charge is 0.0553 e. The first-order chi connectivity index (χ1) is 7.36. The van der Waals surface area contributed by atoms with Crippen molar-refractivity contribution in [1.29, 1.82) is 0 Å². The lowest BCUT2D eigenvalue weighted by Gasteiger charge is -2.26. The van der Waals surface area contributed by atoms with Crippen LogP contribution < -0.4 is 0 Å². The van der Waals surface area contributed by atoms with Gasteiger partial charge in [0.2, 0.25) is 0 Å². The molecule has 0 saturated heterocycles. The van der Waals surface area contributed by atoms with E-state index in [-0.39, 0.29) is 0 Å². The highest BCUT2D eigenvalue weighted by Gasteiger charge is 2.19. The predicted octanol–water partition coefficient (Wildman–Crippen LogP) is 3.75. The molecule has 0 heterocycles. The van der Waals surface area contributed by atoms with Gasteiger partial charge < -0.3 is 0 Å². The summed E-state index contributed by atoms with van der Waals surface area (Å²) in [5.41, 5.74) is 8.43. The van der Waals surface area contributed by atoms with E-state index in [4.69, 9.17) is 0 Å². The Bertz CT molecular complexity index is 353. The summed E-state index contributed by atoms with van der Waals surface area (Å²) in [6.45, 7) is 2.37. The van der Waals surface area contributed by atoms with Gasteiger partial charge >= 0.3 is 0 Å². The van der Waals surface area contributed by atoms with Gasteiger partial charge in [-0.2, -0.15) is 0 Å². The molecule has 0 heteroatoms. The van der Waals surface area contributed by atoms with Crippen LogP contribution in [-0.4, -0.2) is 0 Å². The Kier molecular flexibility index (Phi) is 2.31. The third-order valence-corrected chi connectivity index (χ3v) is 4.27. The molecule has 2 aliphatic rings. The van der Waals surface area contributed by atoms with Crippen molar-refractivity contribution >= 4 is 0 Å². The zero-order valence-corrected chi connectivity index (χ0v) is 9.73. The van der Waals surface area contributed by atoms with Crippen molar-refractivity contribution in [3.05, 3.63) is 33.9 Å². The van der Waals surface area contributed by atoms with Crippen LogP contribution >= 0.6 is 0 Å². The molecular formula is C15H20. The van der Waals surface area contributed by atoms with Crippen molar-refractivity contribution in [3.63, 3.8) is 0 Å². The van der Waals surface area contributed by atoms with Crippen LogP contribution in [0.15, 0.2) is 6.07 Å². The number of fused-ring (bicyclic) bond motifs is 2. The fourth-order valence-electron chi connectivity index (χ4n) is 3.43. The van der Waals surface area contributed by atoms with E-state index in [9.17, 15) is 0 Å². The molecule has 0 fully saturated rings. The summed E-state index contributed by atoms with van der Waals surface area (Å²) in [5, 5.41) is 0. The van der Waals surface area contributed by atoms with Gasteiger partial charge in [0.05, 0.1) is 0 Å². The second-order valence-electron chi connectivity index (χ2n) is 5.19. The number of aryl methyl sites for hydroxylation is 2. The summed E-state index contributed by atoms with van der Waals surface area (Å²) in [7, 11) is 0. The summed E-state index contributed by atoms with van der Waals surface area (Å²) in [6.07, 6.45) is 11.0. The summed E-state index contributed by atoms with van der Waals surface area (Å²) < 4.78 is 0. The van der Waals surface area contributed by atoms with Crippen LogP contribution in [0.5, 0.6) is 0 Å². The lowest BCUT2D eigenvalue weighted by atomic mass is 9.80. The van der Waals surface area contributed by atoms with Crippen molar-refractivity contribution in [3.8, 4) is 0 Å². The van der Waals surface area contributed by atoms with E-state index in [1.807, 2.05) is 0 Å². The second kappa shape index (κ2) is 3.66. The minimum Gasteiger partial charge on any atom is -0.0553 e. The van der Waals surface area contributed by atoms with Crippen LogP contribution in [0.2, 0.25) is 0 Å². The van der Waals surface area contributed by atoms with E-state index in [0.29, 0.717) is 0 Å². The van der Waals surface area contributed by atoms with E-state index in [2.05, 4.69) is 13.0 Å². The van der Waals surface area contributed by atoms with Gasteiger partial charge in [0.1, 0.15) is 0 Å². The Balaban J connectivity index is 2.16. The summed E-state index contributed by atoms with van der Waals surface area (Å²) in [4.78, 5) is 0. The average molecular weight is 200 g/mol. The van der Waals surface area contributed by atoms with Crippen molar-refractivity contribution < 1.29 is 0 Å². The number of hydrogen-bond acceptors (Lipinski definition) is 0. The van der Waals surface area contributed by atoms with Crippen LogP contribution in [0.3, 0.4) is 0 Å². The minimum absolute atomic E-state index is 1.34. The fraction of sp³-hybridized carbons (Fsp3) is 0.600. The van der Waals surface area contributed by atoms with E-state index in [1.54, 1.807) is 27.8 Å². The third kappa shape index (κ3) is 1.51. The van der Waals surface area contributed by atoms with Crippen molar-refractivity contribution in [1.82, 2.24) is 0 Å². The highest BCUT2D eigenvalue weighted by atomic mass is 14.2. The molecule has 80 valence electrons. The van der Waals surface area contributed by atoms with E-state index >= 15 is 0 Å². The molecule has 0 spiro atoms. The van der Waals surface area contributed by atoms with Crippen LogP contribution in [0.1, 0.15) is 53.5 Å². The van der Waals surface area contributed by atoms with E-state index < -0.39 is 0 Å². The SMILES string of the molecule is Cc1c2c(cc3c1CCCC3)CCCC2. The maximum Gasteiger partial charge on any atom is -0.0273 e. The molecule has 0 aromatic heterocycles. The van der Waals surface area contributed by atoms with Gasteiger partial charge in [0, 0.05) is 0 Å². The third-order valence-electron chi connectivity index (χ3n) is 4.27. The number of rotatable bonds is 0. The van der Waals surface area contributed by atoms with Crippen LogP contribution in [0.25, 0.3) is 0 Å². The Hall–Kier alpha value is -0.780. The van der Waals surface area contributed by atoms with E-state index in [0.717, 1.165) is 0 Å². The summed E-state index contributed by atoms with van der Waals surface area (Å²) >= 11 is 0. The Morgan fingerprint density at radius 3 is 1.73 bits per heavy atom. The number of hydrogen-bond donors (Lipinski definition) is 0. The zero-order valence-electron chi connectivity index (χ0n) is 9.73. The van der Waals surface area contributed by atoms with Gasteiger partial charge in [0.15, 0.2) is 0 Å². The fourth-order valence-corrected chi connectivity index (χ4v) is 3.43. The number of benzene rings is 1. The normalized spacial score (nSPS) is 19.5. The van der Waals surface area contributed by atoms with E-state index in [1.165, 1.54) is 51.4 Å². The molecule has 0 bridgehead atoms. The predicted molar refractivity (Wildman–Crippen MR) is 64.5 cm³/mol. The molecule has 1 aromatic rings. The monoisotopic (exact) mass is 200 g/mol. The maximum atomic E-state index is 2.54. The average Bonchev–Trinajstić information content (AvgIpc) is 2.30. The molecule has 0 amide bonds. The van der Waals surface area contributed by atoms with Crippen molar-refractivity contribution in [2.45, 2.75) is 58.3 Å². The van der Waals surface area contributed by atoms with Gasteiger partial charge in [-0.3, -0.25) is 0 Å². The molecule has 15 heavy (non-hydrogen) atoms. The first kappa shape index (κ1) is 9.45. The molecule has 0 saturated carbocycles. The molecular weight excluding hydrogens is 180 g/mol. The van der Waals surface area contributed by atoms with Crippen molar-refractivity contribution in [2.24, 2.45) is 0 Å². The molecule has 1 aromatic carbocycles. The smallest absolute Gasteiger partial charge is 0.0273 e. The molecule has 0 nitrogen and oxygen atoms in total. The molecule has 0 aliphatic heterocycles. The van der Waals surface area contributed by atoms with Crippen LogP contribution in [-0.2, 0) is 25.7 Å². The molecule has 0 radical (unpaired) electrons. The quantitative estimate of drug-likeness (QED) is 0.598. The minimum atomic E-state index is 1.34. The Labute approximate surface area is 92.7 Å². The molecule has 3 rings (SSSR count). The van der Waals surface area contributed by atoms with Gasteiger partial charge in [-0.1, -0.05) is 6.07 Å². The molecule has 2 aliphatic carbocycles. The van der Waals surface area contributed by atoms with Gasteiger partial charge in [0.25, 0.3) is 0 Å². The summed E-state index contributed by atoms with van der Waals surface area (Å²) in [6, 6.07) is 2.54. The lowest BCUT2D eigenvalue weighted by Crippen LogP contribution is -2.12. The van der Waals surface area contributed by atoms with Gasteiger partial charge in [-0.05, 0) is 86.1 Å². The maximum absolute atomic E-state index is 2.54. The second-order valence-corrected chi connectivity index (χ2v) is 5.19. The lowest BCUT2D eigenvalue weighted by molar-refractivity contribution is 0.652. The van der Waals surface area contributed by atoms with Gasteiger partial charge in [-0.15, -0.1) is 0 Å². The Morgan fingerprint density at radius 2 is 1.20 bits per heavy atom.